The molecule has 0 saturated heterocycles. The van der Waals surface area contributed by atoms with Gasteiger partial charge in [0.25, 0.3) is 0 Å². The van der Waals surface area contributed by atoms with Crippen LogP contribution >= 0.6 is 15.9 Å². The van der Waals surface area contributed by atoms with Crippen LogP contribution in [0.4, 0.5) is 0 Å². The lowest BCUT2D eigenvalue weighted by atomic mass is 10.2. The van der Waals surface area contributed by atoms with Crippen LogP contribution in [0.3, 0.4) is 0 Å². The summed E-state index contributed by atoms with van der Waals surface area (Å²) in [7, 11) is 0. The standard InChI is InChI=1S/C15H14BrN3/c16-14-2-1-3-15-13(14)6-7-18(15)9-12-8-17-10-19(12)11-4-5-11/h1-3,6-8,10-11H,4-5,9H2. The third kappa shape index (κ3) is 1.91. The molecule has 1 aliphatic carbocycles. The maximum absolute atomic E-state index is 4.30. The van der Waals surface area contributed by atoms with Crippen molar-refractivity contribution in [2.45, 2.75) is 25.4 Å². The minimum atomic E-state index is 0.686. The van der Waals surface area contributed by atoms with Crippen LogP contribution in [-0.2, 0) is 6.54 Å². The molecule has 1 aromatic carbocycles. The van der Waals surface area contributed by atoms with Crippen molar-refractivity contribution in [3.8, 4) is 0 Å². The third-order valence-corrected chi connectivity index (χ3v) is 4.47. The Bertz CT molecular complexity index is 737. The molecule has 96 valence electrons. The molecule has 1 saturated carbocycles. The lowest BCUT2D eigenvalue weighted by Gasteiger charge is -2.09. The molecule has 4 rings (SSSR count). The zero-order valence-electron chi connectivity index (χ0n) is 10.5. The second kappa shape index (κ2) is 4.23. The average Bonchev–Trinajstić information content (AvgIpc) is 3.01. The normalized spacial score (nSPS) is 15.2. The Labute approximate surface area is 120 Å². The Hall–Kier alpha value is -1.55. The van der Waals surface area contributed by atoms with Crippen molar-refractivity contribution in [3.63, 3.8) is 0 Å². The van der Waals surface area contributed by atoms with Crippen LogP contribution < -0.4 is 0 Å². The molecule has 0 atom stereocenters. The molecule has 0 bridgehead atoms. The van der Waals surface area contributed by atoms with E-state index >= 15 is 0 Å². The van der Waals surface area contributed by atoms with Gasteiger partial charge in [0.2, 0.25) is 0 Å². The number of rotatable bonds is 3. The highest BCUT2D eigenvalue weighted by Crippen LogP contribution is 2.36. The minimum absolute atomic E-state index is 0.686. The van der Waals surface area contributed by atoms with E-state index in [1.807, 2.05) is 12.5 Å². The molecule has 0 N–H and O–H groups in total. The highest BCUT2D eigenvalue weighted by molar-refractivity contribution is 9.10. The van der Waals surface area contributed by atoms with E-state index in [2.05, 4.69) is 60.5 Å². The van der Waals surface area contributed by atoms with E-state index in [-0.39, 0.29) is 0 Å². The lowest BCUT2D eigenvalue weighted by Crippen LogP contribution is -2.04. The maximum atomic E-state index is 4.30. The quantitative estimate of drug-likeness (QED) is 0.716. The van der Waals surface area contributed by atoms with Gasteiger partial charge in [-0.15, -0.1) is 0 Å². The molecule has 1 aliphatic rings. The van der Waals surface area contributed by atoms with Crippen molar-refractivity contribution in [1.29, 1.82) is 0 Å². The van der Waals surface area contributed by atoms with Crippen LogP contribution in [0.15, 0.2) is 47.5 Å². The Morgan fingerprint density at radius 3 is 3.00 bits per heavy atom. The fourth-order valence-corrected chi connectivity index (χ4v) is 3.12. The third-order valence-electron chi connectivity index (χ3n) is 3.78. The zero-order valence-corrected chi connectivity index (χ0v) is 12.0. The first-order chi connectivity index (χ1) is 9.33. The van der Waals surface area contributed by atoms with E-state index in [1.165, 1.54) is 29.4 Å². The SMILES string of the molecule is Brc1cccc2c1ccn2Cc1cncn1C1CC1. The topological polar surface area (TPSA) is 22.8 Å². The van der Waals surface area contributed by atoms with Gasteiger partial charge in [0.15, 0.2) is 0 Å². The summed E-state index contributed by atoms with van der Waals surface area (Å²) in [6, 6.07) is 9.18. The minimum Gasteiger partial charge on any atom is -0.341 e. The van der Waals surface area contributed by atoms with Gasteiger partial charge < -0.3 is 9.13 Å². The van der Waals surface area contributed by atoms with Crippen molar-refractivity contribution >= 4 is 26.8 Å². The van der Waals surface area contributed by atoms with E-state index in [0.717, 1.165) is 11.0 Å². The first-order valence-corrected chi connectivity index (χ1v) is 7.36. The highest BCUT2D eigenvalue weighted by Gasteiger charge is 2.25. The van der Waals surface area contributed by atoms with Crippen LogP contribution in [0.5, 0.6) is 0 Å². The molecule has 2 heterocycles. The van der Waals surface area contributed by atoms with E-state index in [1.54, 1.807) is 0 Å². The number of halogens is 1. The number of imidazole rings is 1. The number of nitrogens with zero attached hydrogens (tertiary/aromatic N) is 3. The number of hydrogen-bond donors (Lipinski definition) is 0. The van der Waals surface area contributed by atoms with E-state index in [9.17, 15) is 0 Å². The molecular weight excluding hydrogens is 302 g/mol. The Morgan fingerprint density at radius 2 is 2.16 bits per heavy atom. The smallest absolute Gasteiger partial charge is 0.0951 e. The van der Waals surface area contributed by atoms with Crippen LogP contribution in [-0.4, -0.2) is 14.1 Å². The molecule has 0 aliphatic heterocycles. The van der Waals surface area contributed by atoms with Crippen LogP contribution in [0.1, 0.15) is 24.6 Å². The molecule has 2 aromatic heterocycles. The second-order valence-corrected chi connectivity index (χ2v) is 5.99. The van der Waals surface area contributed by atoms with Gasteiger partial charge in [0.05, 0.1) is 18.6 Å². The van der Waals surface area contributed by atoms with E-state index in [4.69, 9.17) is 0 Å². The summed E-state index contributed by atoms with van der Waals surface area (Å²) >= 11 is 3.60. The van der Waals surface area contributed by atoms with Gasteiger partial charge in [-0.1, -0.05) is 22.0 Å². The van der Waals surface area contributed by atoms with Crippen LogP contribution in [0.2, 0.25) is 0 Å². The molecule has 0 amide bonds. The van der Waals surface area contributed by atoms with Crippen LogP contribution in [0.25, 0.3) is 10.9 Å². The summed E-state index contributed by atoms with van der Waals surface area (Å²) in [6.45, 7) is 0.885. The van der Waals surface area contributed by atoms with Gasteiger partial charge in [-0.25, -0.2) is 4.98 Å². The first-order valence-electron chi connectivity index (χ1n) is 6.57. The molecule has 0 spiro atoms. The molecule has 0 unspecified atom stereocenters. The van der Waals surface area contributed by atoms with Crippen molar-refractivity contribution in [2.24, 2.45) is 0 Å². The Morgan fingerprint density at radius 1 is 1.26 bits per heavy atom. The lowest BCUT2D eigenvalue weighted by molar-refractivity contribution is 0.665. The molecule has 3 nitrogen and oxygen atoms in total. The van der Waals surface area contributed by atoms with Gasteiger partial charge in [-0.05, 0) is 31.0 Å². The van der Waals surface area contributed by atoms with Gasteiger partial charge in [0.1, 0.15) is 0 Å². The Balaban J connectivity index is 1.75. The molecule has 4 heteroatoms. The monoisotopic (exact) mass is 315 g/mol. The zero-order chi connectivity index (χ0) is 12.8. The summed E-state index contributed by atoms with van der Waals surface area (Å²) in [5.74, 6) is 0. The van der Waals surface area contributed by atoms with Gasteiger partial charge >= 0.3 is 0 Å². The first kappa shape index (κ1) is 11.3. The summed E-state index contributed by atoms with van der Waals surface area (Å²) < 4.78 is 5.76. The molecule has 3 aromatic rings. The van der Waals surface area contributed by atoms with E-state index < -0.39 is 0 Å². The highest BCUT2D eigenvalue weighted by atomic mass is 79.9. The largest absolute Gasteiger partial charge is 0.341 e. The van der Waals surface area contributed by atoms with E-state index in [0.29, 0.717) is 6.04 Å². The predicted molar refractivity (Wildman–Crippen MR) is 79.2 cm³/mol. The summed E-state index contributed by atoms with van der Waals surface area (Å²) in [5.41, 5.74) is 2.55. The molecule has 19 heavy (non-hydrogen) atoms. The number of aromatic nitrogens is 3. The van der Waals surface area contributed by atoms with Crippen molar-refractivity contribution < 1.29 is 0 Å². The number of hydrogen-bond acceptors (Lipinski definition) is 1. The number of fused-ring (bicyclic) bond motifs is 1. The predicted octanol–water partition coefficient (Wildman–Crippen LogP) is 3.98. The maximum Gasteiger partial charge on any atom is 0.0951 e. The second-order valence-electron chi connectivity index (χ2n) is 5.14. The van der Waals surface area contributed by atoms with Crippen molar-refractivity contribution in [1.82, 2.24) is 14.1 Å². The Kier molecular flexibility index (Phi) is 2.52. The number of benzene rings is 1. The molecule has 0 radical (unpaired) electrons. The van der Waals surface area contributed by atoms with Gasteiger partial charge in [0, 0.05) is 33.8 Å². The fourth-order valence-electron chi connectivity index (χ4n) is 2.63. The van der Waals surface area contributed by atoms with Gasteiger partial charge in [-0.3, -0.25) is 0 Å². The average molecular weight is 316 g/mol. The van der Waals surface area contributed by atoms with Crippen LogP contribution in [0, 0.1) is 0 Å². The van der Waals surface area contributed by atoms with Gasteiger partial charge in [-0.2, -0.15) is 0 Å². The summed E-state index contributed by atoms with van der Waals surface area (Å²) in [6.07, 6.45) is 8.69. The summed E-state index contributed by atoms with van der Waals surface area (Å²) in [5, 5.41) is 1.26. The van der Waals surface area contributed by atoms with Crippen molar-refractivity contribution in [3.05, 3.63) is 53.2 Å². The fraction of sp³-hybridized carbons (Fsp3) is 0.267. The molecule has 1 fully saturated rings. The van der Waals surface area contributed by atoms with Crippen molar-refractivity contribution in [2.75, 3.05) is 0 Å². The summed E-state index contributed by atoms with van der Waals surface area (Å²) in [4.78, 5) is 4.30. The molecular formula is C15H14BrN3.